The summed E-state index contributed by atoms with van der Waals surface area (Å²) >= 11 is 0. The van der Waals surface area contributed by atoms with Gasteiger partial charge in [0.15, 0.2) is 0 Å². The second-order valence-electron chi connectivity index (χ2n) is 1.03. The number of rotatable bonds is 0. The van der Waals surface area contributed by atoms with E-state index in [0.717, 1.165) is 0 Å². The van der Waals surface area contributed by atoms with E-state index >= 15 is 0 Å². The van der Waals surface area contributed by atoms with E-state index in [1.165, 1.54) is 0 Å². The Morgan fingerprint density at radius 3 is 0.360 bits per heavy atom. The third-order valence-corrected chi connectivity index (χ3v) is 0. The summed E-state index contributed by atoms with van der Waals surface area (Å²) in [5.41, 5.74) is 0. The molecule has 0 aliphatic carbocycles. The maximum absolute atomic E-state index is 8.88. The first kappa shape index (κ1) is 208. The maximum Gasteiger partial charge on any atom is 1.00 e. The molecule has 0 fully saturated rings. The fourth-order valence-corrected chi connectivity index (χ4v) is 0. The molecule has 0 aliphatic heterocycles. The van der Waals surface area contributed by atoms with Crippen molar-refractivity contribution in [1.29, 1.82) is 0 Å². The first-order chi connectivity index (χ1) is 4.00. The Hall–Kier alpha value is 0.660. The third-order valence-electron chi connectivity index (χ3n) is 0. The van der Waals surface area contributed by atoms with Gasteiger partial charge in [0, 0.05) is 0 Å². The zero-order valence-electron chi connectivity index (χ0n) is 13.4. The van der Waals surface area contributed by atoms with E-state index in [9.17, 15) is 0 Å². The first-order valence-corrected chi connectivity index (χ1v) is 4.70. The first-order valence-electron chi connectivity index (χ1n) is 1.57. The quantitative estimate of drug-likeness (QED) is 0.145. The molecule has 0 radical (unpaired) electrons. The molecule has 0 aliphatic rings. The summed E-state index contributed by atoms with van der Waals surface area (Å²) < 4.78 is 17.8. The summed E-state index contributed by atoms with van der Waals surface area (Å²) in [7, 11) is -9.28. The summed E-state index contributed by atoms with van der Waals surface area (Å²) in [4.78, 5) is 43.1. The molecule has 0 saturated heterocycles. The van der Waals surface area contributed by atoms with Crippen LogP contribution in [0, 0.1) is 0 Å². The van der Waals surface area contributed by atoms with Gasteiger partial charge in [0.2, 0.25) is 0 Å². The molecule has 0 atom stereocenters. The van der Waals surface area contributed by atoms with Gasteiger partial charge in [-0.15, -0.1) is 0 Å². The molecule has 0 bridgehead atoms. The van der Waals surface area contributed by atoms with Gasteiger partial charge in [0.05, 0.1) is 0 Å². The minimum atomic E-state index is -4.64. The molecule has 22 nitrogen and oxygen atoms in total. The Morgan fingerprint density at radius 2 is 0.360 bits per heavy atom. The molecule has 0 saturated carbocycles. The molecule has 0 aromatic rings. The minimum Gasteiger partial charge on any atom is -1.00 e. The SMILES string of the molecule is O.O.O.O.O.O.O.O.O.O.O.O.O.O.O=P(O)(O)O.O=P(O)(O)O.[H-].[Na+]. The van der Waals surface area contributed by atoms with Crippen molar-refractivity contribution >= 4 is 15.6 Å². The molecular formula is H35NaO22P2. The van der Waals surface area contributed by atoms with E-state index in [1.807, 2.05) is 0 Å². The van der Waals surface area contributed by atoms with Crippen molar-refractivity contribution in [2.45, 2.75) is 0 Å². The molecule has 0 heterocycles. The van der Waals surface area contributed by atoms with Gasteiger partial charge in [-0.1, -0.05) is 0 Å². The molecule has 0 aromatic carbocycles. The van der Waals surface area contributed by atoms with Crippen LogP contribution in [0.5, 0.6) is 0 Å². The van der Waals surface area contributed by atoms with Gasteiger partial charge < -0.3 is 107 Å². The summed E-state index contributed by atoms with van der Waals surface area (Å²) in [5, 5.41) is 0. The molecule has 25 heteroatoms. The van der Waals surface area contributed by atoms with Crippen LogP contribution in [0.25, 0.3) is 0 Å². The third kappa shape index (κ3) is 29100. The fraction of sp³-hybridized carbons (Fsp3) is 0. The van der Waals surface area contributed by atoms with E-state index < -0.39 is 15.6 Å². The Morgan fingerprint density at radius 1 is 0.360 bits per heavy atom. The van der Waals surface area contributed by atoms with Crippen LogP contribution in [-0.4, -0.2) is 106 Å². The fourth-order valence-electron chi connectivity index (χ4n) is 0. The average molecular weight is 472 g/mol. The second kappa shape index (κ2) is 86.1. The largest absolute Gasteiger partial charge is 1.00 e. The molecule has 0 spiro atoms. The van der Waals surface area contributed by atoms with Gasteiger partial charge >= 0.3 is 45.2 Å². The van der Waals surface area contributed by atoms with E-state index in [4.69, 9.17) is 38.5 Å². The van der Waals surface area contributed by atoms with Gasteiger partial charge in [-0.3, -0.25) is 0 Å². The van der Waals surface area contributed by atoms with Crippen LogP contribution in [0.4, 0.5) is 0 Å². The van der Waals surface area contributed by atoms with E-state index in [1.54, 1.807) is 0 Å². The number of hydrogen-bond acceptors (Lipinski definition) is 2. The van der Waals surface area contributed by atoms with Gasteiger partial charge in [0.25, 0.3) is 0 Å². The monoisotopic (exact) mass is 472 g/mol. The zero-order valence-corrected chi connectivity index (χ0v) is 16.2. The normalized spacial score (nSPS) is 4.72. The van der Waals surface area contributed by atoms with Gasteiger partial charge in [0.1, 0.15) is 0 Å². The van der Waals surface area contributed by atoms with Gasteiger partial charge in [-0.2, -0.15) is 0 Å². The van der Waals surface area contributed by atoms with Crippen LogP contribution in [-0.2, 0) is 9.13 Å². The van der Waals surface area contributed by atoms with Crippen molar-refractivity contribution in [2.24, 2.45) is 0 Å². The van der Waals surface area contributed by atoms with E-state index in [2.05, 4.69) is 0 Å². The smallest absolute Gasteiger partial charge is 1.00 e. The van der Waals surface area contributed by atoms with Crippen LogP contribution in [0.3, 0.4) is 0 Å². The summed E-state index contributed by atoms with van der Waals surface area (Å²) in [6.07, 6.45) is 0. The predicted molar refractivity (Wildman–Crippen MR) is 80.2 cm³/mol. The van der Waals surface area contributed by atoms with E-state index in [-0.39, 0.29) is 108 Å². The molecule has 34 N–H and O–H groups in total. The van der Waals surface area contributed by atoms with Crippen LogP contribution in [0.15, 0.2) is 0 Å². The van der Waals surface area contributed by atoms with Gasteiger partial charge in [-0.05, 0) is 0 Å². The van der Waals surface area contributed by atoms with Crippen molar-refractivity contribution in [3.05, 3.63) is 0 Å². The van der Waals surface area contributed by atoms with Crippen LogP contribution in [0.1, 0.15) is 1.43 Å². The van der Waals surface area contributed by atoms with Crippen LogP contribution >= 0.6 is 15.6 Å². The molecule has 0 aromatic heterocycles. The van der Waals surface area contributed by atoms with Crippen LogP contribution < -0.4 is 29.6 Å². The standard InChI is InChI=1S/Na.2H3O4P.14H2O.H/c;2*1-5(2,3)4;;;;;;;;;;;;;;;/h;2*(H3,1,2,3,4);14*1H2;/q+1;;;;;;;;;;;;;;;;;-1. The zero-order chi connectivity index (χ0) is 9.00. The summed E-state index contributed by atoms with van der Waals surface area (Å²) in [6, 6.07) is 0. The molecule has 0 amide bonds. The van der Waals surface area contributed by atoms with E-state index in [0.29, 0.717) is 0 Å². The molecule has 25 heavy (non-hydrogen) atoms. The Kier molecular flexibility index (Phi) is 717. The van der Waals surface area contributed by atoms with Crippen molar-refractivity contribution in [2.75, 3.05) is 0 Å². The molecular weight excluding hydrogens is 437 g/mol. The number of phosphoric acid groups is 2. The van der Waals surface area contributed by atoms with Crippen molar-refractivity contribution < 1.29 is 146 Å². The maximum atomic E-state index is 8.88. The van der Waals surface area contributed by atoms with Crippen molar-refractivity contribution in [3.63, 3.8) is 0 Å². The topological polar surface area (TPSA) is 597 Å². The summed E-state index contributed by atoms with van der Waals surface area (Å²) in [5.74, 6) is 0. The van der Waals surface area contributed by atoms with Gasteiger partial charge in [-0.25, -0.2) is 9.13 Å². The molecule has 0 unspecified atom stereocenters. The number of hydrogen-bond donors (Lipinski definition) is 6. The second-order valence-corrected chi connectivity index (χ2v) is 3.08. The minimum absolute atomic E-state index is 0. The average Bonchev–Trinajstić information content (AvgIpc) is 1.12. The van der Waals surface area contributed by atoms with Crippen molar-refractivity contribution in [1.82, 2.24) is 0 Å². The Bertz CT molecular complexity index is 134. The Balaban J connectivity index is -0.00000000190. The molecule has 0 rings (SSSR count). The predicted octanol–water partition coefficient (Wildman–Crippen LogP) is -16.3. The summed E-state index contributed by atoms with van der Waals surface area (Å²) in [6.45, 7) is 0. The molecule has 178 valence electrons. The van der Waals surface area contributed by atoms with Crippen molar-refractivity contribution in [3.8, 4) is 0 Å². The van der Waals surface area contributed by atoms with Crippen LogP contribution in [0.2, 0.25) is 0 Å². The Labute approximate surface area is 162 Å².